The van der Waals surface area contributed by atoms with Crippen molar-refractivity contribution in [3.05, 3.63) is 120 Å². The second-order valence-electron chi connectivity index (χ2n) is 10.8. The Morgan fingerprint density at radius 2 is 1.32 bits per heavy atom. The molecule has 0 fully saturated rings. The van der Waals surface area contributed by atoms with Crippen LogP contribution in [0, 0.1) is 0 Å². The summed E-state index contributed by atoms with van der Waals surface area (Å²) in [4.78, 5) is 0. The molecular weight excluding hydrogens is 591 g/mol. The van der Waals surface area contributed by atoms with Crippen LogP contribution < -0.4 is 24.8 Å². The van der Waals surface area contributed by atoms with E-state index in [-0.39, 0.29) is 31.0 Å². The van der Waals surface area contributed by atoms with Gasteiger partial charge in [-0.3, -0.25) is 0 Å². The number of aryl methyl sites for hydroxylation is 2. The van der Waals surface area contributed by atoms with Crippen molar-refractivity contribution >= 4 is 38.5 Å². The van der Waals surface area contributed by atoms with Crippen LogP contribution in [-0.2, 0) is 32.0 Å². The van der Waals surface area contributed by atoms with E-state index in [2.05, 4.69) is 163 Å². The van der Waals surface area contributed by atoms with Gasteiger partial charge in [0.2, 0.25) is 0 Å². The molecule has 0 aliphatic heterocycles. The summed E-state index contributed by atoms with van der Waals surface area (Å²) in [6.07, 6.45) is 2.32. The Morgan fingerprint density at radius 1 is 0.683 bits per heavy atom. The molecule has 0 bridgehead atoms. The topological polar surface area (TPSA) is 0 Å². The maximum atomic E-state index is 2.34. The fraction of sp³-hybridized carbons (Fsp3) is 0.243. The van der Waals surface area contributed by atoms with Crippen molar-refractivity contribution in [2.45, 2.75) is 59.5 Å². The van der Waals surface area contributed by atoms with E-state index in [1.54, 1.807) is 0 Å². The van der Waals surface area contributed by atoms with Gasteiger partial charge in [-0.25, -0.2) is 0 Å². The molecule has 0 aliphatic rings. The molecule has 0 spiro atoms. The van der Waals surface area contributed by atoms with Crippen LogP contribution in [0.4, 0.5) is 0 Å². The number of fused-ring (bicyclic) bond motifs is 3. The molecule has 0 saturated heterocycles. The van der Waals surface area contributed by atoms with Gasteiger partial charge in [0, 0.05) is 0 Å². The van der Waals surface area contributed by atoms with Crippen LogP contribution in [0.2, 0.25) is 13.1 Å². The maximum Gasteiger partial charge on any atom is -1.00 e. The van der Waals surface area contributed by atoms with E-state index in [4.69, 9.17) is 0 Å². The van der Waals surface area contributed by atoms with Gasteiger partial charge in [-0.15, -0.1) is 69.1 Å². The molecule has 6 aromatic carbocycles. The zero-order valence-corrected chi connectivity index (χ0v) is 29.1. The molecule has 6 rings (SSSR count). The third-order valence-electron chi connectivity index (χ3n) is 7.13. The van der Waals surface area contributed by atoms with Gasteiger partial charge in [-0.1, -0.05) is 105 Å². The quantitative estimate of drug-likeness (QED) is 0.190. The van der Waals surface area contributed by atoms with Gasteiger partial charge in [-0.2, -0.15) is 6.07 Å². The molecule has 41 heavy (non-hydrogen) atoms. The fourth-order valence-corrected chi connectivity index (χ4v) is 5.15. The van der Waals surface area contributed by atoms with Crippen molar-refractivity contribution in [1.29, 1.82) is 0 Å². The molecule has 4 heteroatoms. The van der Waals surface area contributed by atoms with Crippen molar-refractivity contribution in [2.75, 3.05) is 0 Å². The first kappa shape index (κ1) is 35.1. The summed E-state index contributed by atoms with van der Waals surface area (Å²) in [5.41, 5.74) is 6.99. The van der Waals surface area contributed by atoms with Gasteiger partial charge < -0.3 is 24.8 Å². The Morgan fingerprint density at radius 3 is 1.95 bits per heavy atom. The van der Waals surface area contributed by atoms with Crippen LogP contribution in [0.3, 0.4) is 0 Å². The molecule has 0 amide bonds. The normalized spacial score (nSPS) is 10.4. The third-order valence-corrected chi connectivity index (χ3v) is 7.13. The number of halogens is 2. The van der Waals surface area contributed by atoms with Gasteiger partial charge in [0.25, 0.3) is 0 Å². The minimum atomic E-state index is 0. The van der Waals surface area contributed by atoms with Gasteiger partial charge in [-0.05, 0) is 29.5 Å². The average Bonchev–Trinajstić information content (AvgIpc) is 3.56. The molecule has 0 aliphatic carbocycles. The first-order valence-corrected chi connectivity index (χ1v) is 19.0. The van der Waals surface area contributed by atoms with E-state index in [1.165, 1.54) is 60.1 Å². The van der Waals surface area contributed by atoms with E-state index in [0.717, 1.165) is 12.8 Å². The van der Waals surface area contributed by atoms with Gasteiger partial charge in [0.1, 0.15) is 0 Å². The zero-order valence-electron chi connectivity index (χ0n) is 25.1. The van der Waals surface area contributed by atoms with E-state index < -0.39 is 0 Å². The largest absolute Gasteiger partial charge is 1.00 e. The SMILES string of the molecule is CCc1cc(-c2cc3ccccc3[cH-]2)c2ccccc2c1.CCc1cc2c(C(C)C)cccc2[cH-]1.C[Si](C)=[Ti+2].[Cl-].[Cl-]. The van der Waals surface area contributed by atoms with Crippen LogP contribution >= 0.6 is 0 Å². The Labute approximate surface area is 271 Å². The molecule has 0 N–H and O–H groups in total. The molecule has 0 nitrogen and oxygen atoms in total. The summed E-state index contributed by atoms with van der Waals surface area (Å²) < 4.78 is 0. The summed E-state index contributed by atoms with van der Waals surface area (Å²) in [6, 6.07) is 37.8. The van der Waals surface area contributed by atoms with Gasteiger partial charge in [0.05, 0.1) is 0 Å². The first-order valence-electron chi connectivity index (χ1n) is 14.2. The Hall–Kier alpha value is -2.13. The van der Waals surface area contributed by atoms with Crippen molar-refractivity contribution < 1.29 is 44.0 Å². The first-order chi connectivity index (χ1) is 18.8. The standard InChI is InChI=1S/C21H17.C14H17.C2H6Si.2ClH.Ti/c1-2-15-11-18-9-5-6-10-20(18)21(12-15)19-13-16-7-3-4-8-17(16)14-19;1-4-11-8-12-6-5-7-13(10(2)3)14(12)9-11;1-3-2;;;/h3-14H,2H2,1H3;5-10H,4H2,1-3H3;1-2H3;2*1H;/q2*-1;;;;+2/p-2. The predicted octanol–water partition coefficient (Wildman–Crippen LogP) is 4.98. The molecule has 0 heterocycles. The third kappa shape index (κ3) is 8.93. The van der Waals surface area contributed by atoms with E-state index >= 15 is 0 Å². The summed E-state index contributed by atoms with van der Waals surface area (Å²) in [5.74, 6) is 0.616. The Balaban J connectivity index is 0.000000257. The summed E-state index contributed by atoms with van der Waals surface area (Å²) in [7, 11) is 0. The molecular formula is C37H40Cl2SiTi-2. The van der Waals surface area contributed by atoms with Crippen molar-refractivity contribution in [3.8, 4) is 11.1 Å². The molecule has 0 radical (unpaired) electrons. The zero-order chi connectivity index (χ0) is 27.9. The Kier molecular flexibility index (Phi) is 14.1. The smallest absolute Gasteiger partial charge is 1.00 e. The van der Waals surface area contributed by atoms with Crippen LogP contribution in [0.15, 0.2) is 103 Å². The molecule has 6 aromatic rings. The molecule has 0 unspecified atom stereocenters. The fourth-order valence-electron chi connectivity index (χ4n) is 5.15. The minimum absolute atomic E-state index is 0. The van der Waals surface area contributed by atoms with Crippen LogP contribution in [0.1, 0.15) is 50.3 Å². The molecule has 212 valence electrons. The minimum Gasteiger partial charge on any atom is -1.00 e. The number of rotatable bonds is 4. The van der Waals surface area contributed by atoms with Crippen LogP contribution in [0.25, 0.3) is 43.4 Å². The van der Waals surface area contributed by atoms with Crippen molar-refractivity contribution in [1.82, 2.24) is 0 Å². The second kappa shape index (κ2) is 16.5. The monoisotopic (exact) mass is 630 g/mol. The molecule has 0 atom stereocenters. The van der Waals surface area contributed by atoms with Crippen molar-refractivity contribution in [3.63, 3.8) is 0 Å². The molecule has 0 aromatic heterocycles. The van der Waals surface area contributed by atoms with Gasteiger partial charge >= 0.3 is 38.5 Å². The van der Waals surface area contributed by atoms with E-state index in [1.807, 2.05) is 0 Å². The number of benzene rings is 4. The molecule has 0 saturated carbocycles. The van der Waals surface area contributed by atoms with Crippen LogP contribution in [-0.4, -0.2) is 6.19 Å². The number of hydrogen-bond donors (Lipinski definition) is 0. The second-order valence-corrected chi connectivity index (χ2v) is 17.5. The van der Waals surface area contributed by atoms with Crippen LogP contribution in [0.5, 0.6) is 0 Å². The predicted molar refractivity (Wildman–Crippen MR) is 172 cm³/mol. The Bertz CT molecular complexity index is 1670. The number of hydrogen-bond acceptors (Lipinski definition) is 0. The van der Waals surface area contributed by atoms with Gasteiger partial charge in [0.15, 0.2) is 0 Å². The van der Waals surface area contributed by atoms with E-state index in [0.29, 0.717) is 5.92 Å². The summed E-state index contributed by atoms with van der Waals surface area (Å²) >= 11 is 2.27. The maximum absolute atomic E-state index is 2.34. The average molecular weight is 632 g/mol. The summed E-state index contributed by atoms with van der Waals surface area (Å²) in [6.45, 7) is 13.5. The summed E-state index contributed by atoms with van der Waals surface area (Å²) in [5, 5.41) is 8.14. The van der Waals surface area contributed by atoms with E-state index in [9.17, 15) is 0 Å². The van der Waals surface area contributed by atoms with Crippen molar-refractivity contribution in [2.24, 2.45) is 0 Å².